The number of hydrogen-bond acceptors (Lipinski definition) is 1. The third-order valence-corrected chi connectivity index (χ3v) is 4.19. The van der Waals surface area contributed by atoms with Crippen LogP contribution in [-0.2, 0) is 5.41 Å². The molecule has 0 aliphatic heterocycles. The Balaban J connectivity index is 2.35. The normalized spacial score (nSPS) is 28.7. The van der Waals surface area contributed by atoms with E-state index in [-0.39, 0.29) is 0 Å². The van der Waals surface area contributed by atoms with Gasteiger partial charge in [-0.05, 0) is 43.4 Å². The van der Waals surface area contributed by atoms with E-state index in [2.05, 4.69) is 6.07 Å². The lowest BCUT2D eigenvalue weighted by Gasteiger charge is -2.32. The van der Waals surface area contributed by atoms with Gasteiger partial charge in [0.25, 0.3) is 0 Å². The van der Waals surface area contributed by atoms with E-state index in [9.17, 15) is 9.65 Å². The van der Waals surface area contributed by atoms with E-state index >= 15 is 0 Å². The maximum absolute atomic E-state index is 13.2. The Kier molecular flexibility index (Phi) is 3.61. The molecule has 1 fully saturated rings. The van der Waals surface area contributed by atoms with Gasteiger partial charge < -0.3 is 0 Å². The number of hydrogen-bond donors (Lipinski definition) is 0. The third-order valence-electron chi connectivity index (χ3n) is 3.45. The zero-order valence-corrected chi connectivity index (χ0v) is 10.7. The topological polar surface area (TPSA) is 23.8 Å². The summed E-state index contributed by atoms with van der Waals surface area (Å²) in [6, 6.07) is 7.57. The monoisotopic (exact) mass is 271 g/mol. The van der Waals surface area contributed by atoms with Crippen molar-refractivity contribution < 1.29 is 4.39 Å². The van der Waals surface area contributed by atoms with Gasteiger partial charge in [0.15, 0.2) is 0 Å². The van der Waals surface area contributed by atoms with Crippen molar-refractivity contribution in [1.82, 2.24) is 0 Å². The minimum absolute atomic E-state index is 0.438. The average Bonchev–Trinajstić information content (AvgIpc) is 2.34. The molecule has 0 radical (unpaired) electrons. The fourth-order valence-electron chi connectivity index (χ4n) is 2.33. The standard InChI is InChI=1S/C13H12Cl2FN/c14-11-2-1-9(7-12(11)15)13(8-17)5-3-10(16)4-6-13/h1-2,7,10H,3-6H2/t10-,13+. The lowest BCUT2D eigenvalue weighted by atomic mass is 9.70. The quantitative estimate of drug-likeness (QED) is 0.729. The molecule has 0 saturated heterocycles. The number of benzene rings is 1. The van der Waals surface area contributed by atoms with Gasteiger partial charge in [-0.25, -0.2) is 4.39 Å². The summed E-state index contributed by atoms with van der Waals surface area (Å²) in [5, 5.41) is 10.3. The Morgan fingerprint density at radius 1 is 1.24 bits per heavy atom. The Labute approximate surface area is 110 Å². The lowest BCUT2D eigenvalue weighted by Crippen LogP contribution is -2.30. The fourth-order valence-corrected chi connectivity index (χ4v) is 2.63. The van der Waals surface area contributed by atoms with Crippen molar-refractivity contribution in [2.45, 2.75) is 37.3 Å². The number of alkyl halides is 1. The molecule has 1 aliphatic carbocycles. The minimum atomic E-state index is -0.778. The highest BCUT2D eigenvalue weighted by molar-refractivity contribution is 6.42. The molecular formula is C13H12Cl2FN. The molecule has 1 aromatic rings. The van der Waals surface area contributed by atoms with Gasteiger partial charge >= 0.3 is 0 Å². The van der Waals surface area contributed by atoms with E-state index in [1.165, 1.54) is 0 Å². The summed E-state index contributed by atoms with van der Waals surface area (Å²) in [5.74, 6) is 0. The van der Waals surface area contributed by atoms with E-state index in [4.69, 9.17) is 23.2 Å². The van der Waals surface area contributed by atoms with E-state index in [0.29, 0.717) is 35.7 Å². The van der Waals surface area contributed by atoms with Gasteiger partial charge in [-0.3, -0.25) is 0 Å². The molecule has 0 amide bonds. The summed E-state index contributed by atoms with van der Waals surface area (Å²) in [6.45, 7) is 0. The van der Waals surface area contributed by atoms with Crippen LogP contribution in [0.25, 0.3) is 0 Å². The molecule has 90 valence electrons. The van der Waals surface area contributed by atoms with Crippen molar-refractivity contribution in [3.63, 3.8) is 0 Å². The second-order valence-electron chi connectivity index (χ2n) is 4.50. The van der Waals surface area contributed by atoms with Crippen LogP contribution in [0.15, 0.2) is 18.2 Å². The van der Waals surface area contributed by atoms with Gasteiger partial charge in [0.2, 0.25) is 0 Å². The van der Waals surface area contributed by atoms with Crippen LogP contribution in [0.2, 0.25) is 10.0 Å². The number of nitrogens with zero attached hydrogens (tertiary/aromatic N) is 1. The minimum Gasteiger partial charge on any atom is -0.247 e. The maximum Gasteiger partial charge on any atom is 0.100 e. The van der Waals surface area contributed by atoms with Crippen molar-refractivity contribution in [2.75, 3.05) is 0 Å². The fraction of sp³-hybridized carbons (Fsp3) is 0.462. The first-order valence-electron chi connectivity index (χ1n) is 5.58. The van der Waals surface area contributed by atoms with Gasteiger partial charge in [-0.1, -0.05) is 29.3 Å². The summed E-state index contributed by atoms with van der Waals surface area (Å²) in [5.41, 5.74) is 0.248. The van der Waals surface area contributed by atoms with Gasteiger partial charge in [-0.15, -0.1) is 0 Å². The number of rotatable bonds is 1. The molecule has 1 saturated carbocycles. The molecule has 1 nitrogen and oxygen atoms in total. The highest BCUT2D eigenvalue weighted by atomic mass is 35.5. The molecule has 0 bridgehead atoms. The van der Waals surface area contributed by atoms with Crippen molar-refractivity contribution in [3.8, 4) is 6.07 Å². The SMILES string of the molecule is N#C[C@]1(c2ccc(Cl)c(Cl)c2)CC[C@@H](F)CC1. The van der Waals surface area contributed by atoms with Gasteiger partial charge in [0.05, 0.1) is 21.5 Å². The lowest BCUT2D eigenvalue weighted by molar-refractivity contribution is 0.209. The van der Waals surface area contributed by atoms with Crippen molar-refractivity contribution >= 4 is 23.2 Å². The van der Waals surface area contributed by atoms with Crippen LogP contribution in [0.3, 0.4) is 0 Å². The average molecular weight is 272 g/mol. The Bertz CT molecular complexity index is 459. The largest absolute Gasteiger partial charge is 0.247 e. The molecule has 2 rings (SSSR count). The van der Waals surface area contributed by atoms with Crippen LogP contribution in [-0.4, -0.2) is 6.17 Å². The highest BCUT2D eigenvalue weighted by Crippen LogP contribution is 2.41. The predicted molar refractivity (Wildman–Crippen MR) is 67.1 cm³/mol. The summed E-state index contributed by atoms with van der Waals surface area (Å²) in [7, 11) is 0. The van der Waals surface area contributed by atoms with Crippen LogP contribution in [0.4, 0.5) is 4.39 Å². The van der Waals surface area contributed by atoms with Crippen molar-refractivity contribution in [1.29, 1.82) is 5.26 Å². The third kappa shape index (κ3) is 2.41. The second kappa shape index (κ2) is 4.84. The first-order chi connectivity index (χ1) is 8.07. The van der Waals surface area contributed by atoms with Crippen molar-refractivity contribution in [2.24, 2.45) is 0 Å². The molecule has 17 heavy (non-hydrogen) atoms. The second-order valence-corrected chi connectivity index (χ2v) is 5.31. The molecule has 0 unspecified atom stereocenters. The van der Waals surface area contributed by atoms with E-state index < -0.39 is 11.6 Å². The number of halogens is 3. The van der Waals surface area contributed by atoms with Gasteiger partial charge in [0.1, 0.15) is 6.17 Å². The molecule has 4 heteroatoms. The first kappa shape index (κ1) is 12.7. The van der Waals surface area contributed by atoms with E-state index in [1.54, 1.807) is 12.1 Å². The zero-order chi connectivity index (χ0) is 12.5. The van der Waals surface area contributed by atoms with Gasteiger partial charge in [-0.2, -0.15) is 5.26 Å². The maximum atomic E-state index is 13.2. The van der Waals surface area contributed by atoms with Gasteiger partial charge in [0, 0.05) is 0 Å². The van der Waals surface area contributed by atoms with E-state index in [1.807, 2.05) is 6.07 Å². The number of nitriles is 1. The molecule has 0 aromatic heterocycles. The molecule has 0 atom stereocenters. The summed E-state index contributed by atoms with van der Waals surface area (Å²) >= 11 is 11.8. The molecule has 1 aromatic carbocycles. The summed E-state index contributed by atoms with van der Waals surface area (Å²) in [6.07, 6.45) is 1.19. The Hall–Kier alpha value is -0.780. The molecule has 0 spiro atoms. The summed E-state index contributed by atoms with van der Waals surface area (Å²) < 4.78 is 13.2. The Morgan fingerprint density at radius 2 is 1.88 bits per heavy atom. The van der Waals surface area contributed by atoms with E-state index in [0.717, 1.165) is 5.56 Å². The van der Waals surface area contributed by atoms with Crippen LogP contribution in [0, 0.1) is 11.3 Å². The first-order valence-corrected chi connectivity index (χ1v) is 6.34. The van der Waals surface area contributed by atoms with Crippen LogP contribution in [0.5, 0.6) is 0 Å². The van der Waals surface area contributed by atoms with Crippen LogP contribution >= 0.6 is 23.2 Å². The molecule has 1 aliphatic rings. The smallest absolute Gasteiger partial charge is 0.100 e. The molecular weight excluding hydrogens is 260 g/mol. The Morgan fingerprint density at radius 3 is 2.41 bits per heavy atom. The highest BCUT2D eigenvalue weighted by Gasteiger charge is 2.37. The van der Waals surface area contributed by atoms with Crippen LogP contribution < -0.4 is 0 Å². The van der Waals surface area contributed by atoms with Crippen LogP contribution in [0.1, 0.15) is 31.2 Å². The summed E-state index contributed by atoms with van der Waals surface area (Å²) in [4.78, 5) is 0. The molecule has 0 heterocycles. The van der Waals surface area contributed by atoms with Crippen molar-refractivity contribution in [3.05, 3.63) is 33.8 Å². The zero-order valence-electron chi connectivity index (χ0n) is 9.22. The molecule has 0 N–H and O–H groups in total. The predicted octanol–water partition coefficient (Wildman–Crippen LogP) is 4.67.